The Bertz CT molecular complexity index is 489. The van der Waals surface area contributed by atoms with Crippen LogP contribution in [-0.2, 0) is 9.53 Å². The van der Waals surface area contributed by atoms with Crippen LogP contribution in [-0.4, -0.2) is 29.0 Å². The Labute approximate surface area is 121 Å². The SMILES string of the molecule is COC(=O)C(CCCBr)=NNc1ccc([N+](=O)[O-])s1. The maximum absolute atomic E-state index is 11.4. The van der Waals surface area contributed by atoms with Crippen molar-refractivity contribution in [2.24, 2.45) is 5.10 Å². The summed E-state index contributed by atoms with van der Waals surface area (Å²) in [7, 11) is 1.28. The first kappa shape index (κ1) is 15.6. The first-order valence-electron chi connectivity index (χ1n) is 5.29. The predicted octanol–water partition coefficient (Wildman–Crippen LogP) is 2.77. The van der Waals surface area contributed by atoms with Crippen LogP contribution in [0, 0.1) is 10.1 Å². The highest BCUT2D eigenvalue weighted by molar-refractivity contribution is 9.09. The van der Waals surface area contributed by atoms with E-state index in [0.717, 1.165) is 23.1 Å². The number of rotatable bonds is 7. The van der Waals surface area contributed by atoms with Crippen LogP contribution in [0.3, 0.4) is 0 Å². The van der Waals surface area contributed by atoms with E-state index in [4.69, 9.17) is 0 Å². The second-order valence-electron chi connectivity index (χ2n) is 3.35. The summed E-state index contributed by atoms with van der Waals surface area (Å²) in [5, 5.41) is 15.7. The van der Waals surface area contributed by atoms with Crippen LogP contribution in [0.1, 0.15) is 12.8 Å². The lowest BCUT2D eigenvalue weighted by atomic mass is 10.2. The van der Waals surface area contributed by atoms with Gasteiger partial charge in [0.05, 0.1) is 12.0 Å². The van der Waals surface area contributed by atoms with Crippen molar-refractivity contribution in [2.45, 2.75) is 12.8 Å². The second-order valence-corrected chi connectivity index (χ2v) is 5.20. The topological polar surface area (TPSA) is 93.8 Å². The van der Waals surface area contributed by atoms with E-state index >= 15 is 0 Å². The second kappa shape index (κ2) is 7.85. The maximum atomic E-state index is 11.4. The number of alkyl halides is 1. The number of esters is 1. The van der Waals surface area contributed by atoms with Gasteiger partial charge in [-0.25, -0.2) is 4.79 Å². The van der Waals surface area contributed by atoms with Gasteiger partial charge in [-0.2, -0.15) is 5.10 Å². The van der Waals surface area contributed by atoms with Gasteiger partial charge in [-0.3, -0.25) is 15.5 Å². The quantitative estimate of drug-likeness (QED) is 0.268. The minimum Gasteiger partial charge on any atom is -0.464 e. The predicted molar refractivity (Wildman–Crippen MR) is 77.1 cm³/mol. The first-order chi connectivity index (χ1) is 9.08. The Morgan fingerprint density at radius 1 is 1.63 bits per heavy atom. The zero-order valence-corrected chi connectivity index (χ0v) is 12.5. The molecule has 9 heteroatoms. The Hall–Kier alpha value is -1.48. The smallest absolute Gasteiger partial charge is 0.354 e. The Morgan fingerprint density at radius 3 is 2.89 bits per heavy atom. The molecule has 0 bridgehead atoms. The molecule has 1 aromatic rings. The Kier molecular flexibility index (Phi) is 6.43. The van der Waals surface area contributed by atoms with Crippen molar-refractivity contribution >= 4 is 48.9 Å². The van der Waals surface area contributed by atoms with Crippen LogP contribution >= 0.6 is 27.3 Å². The highest BCUT2D eigenvalue weighted by Gasteiger charge is 2.13. The van der Waals surface area contributed by atoms with Crippen molar-refractivity contribution in [2.75, 3.05) is 17.9 Å². The number of thiophene rings is 1. The zero-order valence-electron chi connectivity index (χ0n) is 10.1. The van der Waals surface area contributed by atoms with Gasteiger partial charge in [-0.1, -0.05) is 15.9 Å². The molecule has 0 saturated carbocycles. The molecule has 0 saturated heterocycles. The van der Waals surface area contributed by atoms with Crippen molar-refractivity contribution in [1.29, 1.82) is 0 Å². The van der Waals surface area contributed by atoms with Gasteiger partial charge in [0.25, 0.3) is 0 Å². The minimum absolute atomic E-state index is 0.0118. The molecule has 19 heavy (non-hydrogen) atoms. The number of hydrazone groups is 1. The number of nitrogens with zero attached hydrogens (tertiary/aromatic N) is 2. The molecule has 0 aliphatic carbocycles. The standard InChI is InChI=1S/C10H12BrN3O4S/c1-18-10(15)7(3-2-6-11)12-13-8-4-5-9(19-8)14(16)17/h4-5,13H,2-3,6H2,1H3. The van der Waals surface area contributed by atoms with Crippen LogP contribution in [0.4, 0.5) is 10.0 Å². The van der Waals surface area contributed by atoms with Crippen molar-refractivity contribution in [3.63, 3.8) is 0 Å². The lowest BCUT2D eigenvalue weighted by molar-refractivity contribution is -0.380. The van der Waals surface area contributed by atoms with Gasteiger partial charge in [0, 0.05) is 11.4 Å². The number of methoxy groups -OCH3 is 1. The third-order valence-corrected chi connectivity index (χ3v) is 3.54. The maximum Gasteiger partial charge on any atom is 0.354 e. The lowest BCUT2D eigenvalue weighted by Gasteiger charge is -2.03. The highest BCUT2D eigenvalue weighted by atomic mass is 79.9. The highest BCUT2D eigenvalue weighted by Crippen LogP contribution is 2.28. The van der Waals surface area contributed by atoms with E-state index in [1.54, 1.807) is 0 Å². The molecule has 1 aromatic heterocycles. The van der Waals surface area contributed by atoms with Gasteiger partial charge in [-0.05, 0) is 30.2 Å². The summed E-state index contributed by atoms with van der Waals surface area (Å²) >= 11 is 4.21. The molecule has 0 fully saturated rings. The summed E-state index contributed by atoms with van der Waals surface area (Å²) < 4.78 is 4.61. The number of anilines is 1. The zero-order chi connectivity index (χ0) is 14.3. The molecule has 104 valence electrons. The molecule has 1 rings (SSSR count). The lowest BCUT2D eigenvalue weighted by Crippen LogP contribution is -2.17. The van der Waals surface area contributed by atoms with Gasteiger partial charge < -0.3 is 4.74 Å². The van der Waals surface area contributed by atoms with Crippen molar-refractivity contribution in [3.05, 3.63) is 22.2 Å². The average Bonchev–Trinajstić information content (AvgIpc) is 2.87. The normalized spacial score (nSPS) is 11.2. The first-order valence-corrected chi connectivity index (χ1v) is 7.23. The molecule has 0 spiro atoms. The molecular formula is C10H12BrN3O4S. The fraction of sp³-hybridized carbons (Fsp3) is 0.400. The number of carbonyl (C=O) groups is 1. The van der Waals surface area contributed by atoms with E-state index in [0.29, 0.717) is 11.4 Å². The number of hydrogen-bond acceptors (Lipinski definition) is 7. The van der Waals surface area contributed by atoms with Crippen molar-refractivity contribution in [3.8, 4) is 0 Å². The van der Waals surface area contributed by atoms with Crippen molar-refractivity contribution < 1.29 is 14.5 Å². The van der Waals surface area contributed by atoms with E-state index < -0.39 is 10.9 Å². The number of hydrogen-bond donors (Lipinski definition) is 1. The van der Waals surface area contributed by atoms with Crippen LogP contribution in [0.15, 0.2) is 17.2 Å². The van der Waals surface area contributed by atoms with Crippen LogP contribution in [0.2, 0.25) is 0 Å². The Balaban J connectivity index is 2.72. The summed E-state index contributed by atoms with van der Waals surface area (Å²) in [5.41, 5.74) is 2.88. The monoisotopic (exact) mass is 349 g/mol. The summed E-state index contributed by atoms with van der Waals surface area (Å²) in [6.45, 7) is 0. The van der Waals surface area contributed by atoms with E-state index in [1.165, 1.54) is 19.2 Å². The number of halogens is 1. The Morgan fingerprint density at radius 2 is 2.37 bits per heavy atom. The molecule has 7 nitrogen and oxygen atoms in total. The van der Waals surface area contributed by atoms with E-state index in [9.17, 15) is 14.9 Å². The number of nitro groups is 1. The van der Waals surface area contributed by atoms with E-state index in [-0.39, 0.29) is 10.7 Å². The molecule has 0 aromatic carbocycles. The van der Waals surface area contributed by atoms with E-state index in [1.807, 2.05) is 0 Å². The molecular weight excluding hydrogens is 338 g/mol. The molecule has 0 radical (unpaired) electrons. The molecule has 1 heterocycles. The fourth-order valence-corrected chi connectivity index (χ4v) is 2.11. The average molecular weight is 350 g/mol. The van der Waals surface area contributed by atoms with E-state index in [2.05, 4.69) is 31.2 Å². The fourth-order valence-electron chi connectivity index (χ4n) is 1.16. The number of carbonyl (C=O) groups excluding carboxylic acids is 1. The molecule has 0 aliphatic rings. The number of nitrogens with one attached hydrogen (secondary N) is 1. The van der Waals surface area contributed by atoms with Gasteiger partial charge in [0.2, 0.25) is 0 Å². The van der Waals surface area contributed by atoms with Gasteiger partial charge in [-0.15, -0.1) is 0 Å². The summed E-state index contributed by atoms with van der Waals surface area (Å²) in [4.78, 5) is 21.5. The third kappa shape index (κ3) is 4.95. The third-order valence-electron chi connectivity index (χ3n) is 2.04. The molecule has 0 atom stereocenters. The summed E-state index contributed by atoms with van der Waals surface area (Å²) in [6.07, 6.45) is 1.19. The van der Waals surface area contributed by atoms with Crippen LogP contribution in [0.5, 0.6) is 0 Å². The van der Waals surface area contributed by atoms with Gasteiger partial charge in [0.1, 0.15) is 10.7 Å². The van der Waals surface area contributed by atoms with Crippen molar-refractivity contribution in [1.82, 2.24) is 0 Å². The van der Waals surface area contributed by atoms with Gasteiger partial charge in [0.15, 0.2) is 0 Å². The van der Waals surface area contributed by atoms with Crippen LogP contribution in [0.25, 0.3) is 0 Å². The minimum atomic E-state index is -0.514. The largest absolute Gasteiger partial charge is 0.464 e. The molecule has 1 N–H and O–H groups in total. The molecule has 0 amide bonds. The molecule has 0 aliphatic heterocycles. The summed E-state index contributed by atoms with van der Waals surface area (Å²) in [5.74, 6) is -0.514. The molecule has 0 unspecified atom stereocenters. The van der Waals surface area contributed by atoms with Gasteiger partial charge >= 0.3 is 11.0 Å². The number of ether oxygens (including phenoxy) is 1. The van der Waals surface area contributed by atoms with Crippen LogP contribution < -0.4 is 5.43 Å². The summed E-state index contributed by atoms with van der Waals surface area (Å²) in [6, 6.07) is 2.91.